The first kappa shape index (κ1) is 10.8. The standard InChI is InChI=1S/C9H16N2O3/c1-14-9(13)11-4-2-7(3-5-11)6-8(10)12/h7H,2-6H2,1H3,(H2,10,12). The van der Waals surface area contributed by atoms with E-state index in [2.05, 4.69) is 4.74 Å². The predicted molar refractivity (Wildman–Crippen MR) is 50.5 cm³/mol. The molecule has 0 atom stereocenters. The Balaban J connectivity index is 2.31. The molecule has 0 bridgehead atoms. The van der Waals surface area contributed by atoms with Crippen LogP contribution in [0.2, 0.25) is 0 Å². The first-order valence-electron chi connectivity index (χ1n) is 4.74. The molecule has 0 spiro atoms. The number of hydrogen-bond acceptors (Lipinski definition) is 3. The van der Waals surface area contributed by atoms with Crippen LogP contribution in [0.4, 0.5) is 4.79 Å². The zero-order valence-electron chi connectivity index (χ0n) is 8.36. The second kappa shape index (κ2) is 4.83. The fourth-order valence-corrected chi connectivity index (χ4v) is 1.73. The van der Waals surface area contributed by atoms with Crippen LogP contribution in [0.5, 0.6) is 0 Å². The fraction of sp³-hybridized carbons (Fsp3) is 0.778. The lowest BCUT2D eigenvalue weighted by Crippen LogP contribution is -2.39. The highest BCUT2D eigenvalue weighted by Crippen LogP contribution is 2.20. The highest BCUT2D eigenvalue weighted by Gasteiger charge is 2.23. The molecule has 0 saturated carbocycles. The number of carbonyl (C=O) groups excluding carboxylic acids is 2. The SMILES string of the molecule is COC(=O)N1CCC(CC(N)=O)CC1. The molecule has 0 aromatic carbocycles. The van der Waals surface area contributed by atoms with Crippen LogP contribution in [0.3, 0.4) is 0 Å². The third-order valence-electron chi connectivity index (χ3n) is 2.54. The van der Waals surface area contributed by atoms with Gasteiger partial charge in [-0.05, 0) is 18.8 Å². The minimum atomic E-state index is -0.289. The van der Waals surface area contributed by atoms with Crippen LogP contribution in [-0.4, -0.2) is 37.1 Å². The molecule has 1 saturated heterocycles. The molecule has 2 amide bonds. The number of amides is 2. The summed E-state index contributed by atoms with van der Waals surface area (Å²) in [6.07, 6.45) is 1.80. The van der Waals surface area contributed by atoms with E-state index >= 15 is 0 Å². The lowest BCUT2D eigenvalue weighted by atomic mass is 9.93. The van der Waals surface area contributed by atoms with Crippen molar-refractivity contribution in [3.05, 3.63) is 0 Å². The molecule has 0 aromatic rings. The summed E-state index contributed by atoms with van der Waals surface area (Å²) in [5.41, 5.74) is 5.10. The molecular formula is C9H16N2O3. The van der Waals surface area contributed by atoms with Crippen molar-refractivity contribution < 1.29 is 14.3 Å². The largest absolute Gasteiger partial charge is 0.453 e. The number of rotatable bonds is 2. The minimum absolute atomic E-state index is 0.262. The molecule has 1 heterocycles. The molecule has 1 rings (SSSR count). The first-order valence-corrected chi connectivity index (χ1v) is 4.74. The summed E-state index contributed by atoms with van der Waals surface area (Å²) >= 11 is 0. The summed E-state index contributed by atoms with van der Waals surface area (Å²) in [6.45, 7) is 1.31. The smallest absolute Gasteiger partial charge is 0.409 e. The van der Waals surface area contributed by atoms with Gasteiger partial charge in [-0.2, -0.15) is 0 Å². The Morgan fingerprint density at radius 1 is 1.43 bits per heavy atom. The highest BCUT2D eigenvalue weighted by molar-refractivity contribution is 5.74. The Kier molecular flexibility index (Phi) is 3.73. The van der Waals surface area contributed by atoms with Crippen LogP contribution >= 0.6 is 0 Å². The maximum absolute atomic E-state index is 11.1. The Hall–Kier alpha value is -1.26. The summed E-state index contributed by atoms with van der Waals surface area (Å²) in [6, 6.07) is 0. The van der Waals surface area contributed by atoms with Gasteiger partial charge in [0.2, 0.25) is 5.91 Å². The summed E-state index contributed by atoms with van der Waals surface area (Å²) in [5, 5.41) is 0. The maximum atomic E-state index is 11.1. The number of ether oxygens (including phenoxy) is 1. The Morgan fingerprint density at radius 3 is 2.43 bits per heavy atom. The van der Waals surface area contributed by atoms with Crippen molar-refractivity contribution in [2.24, 2.45) is 11.7 Å². The highest BCUT2D eigenvalue weighted by atomic mass is 16.5. The molecule has 0 aliphatic carbocycles. The number of carbonyl (C=O) groups is 2. The molecule has 1 aliphatic heterocycles. The number of primary amides is 1. The van der Waals surface area contributed by atoms with Crippen molar-refractivity contribution in [1.82, 2.24) is 4.90 Å². The number of likely N-dealkylation sites (tertiary alicyclic amines) is 1. The zero-order chi connectivity index (χ0) is 10.6. The molecule has 80 valence electrons. The van der Waals surface area contributed by atoms with E-state index in [1.165, 1.54) is 7.11 Å². The van der Waals surface area contributed by atoms with Gasteiger partial charge in [0.05, 0.1) is 7.11 Å². The second-order valence-corrected chi connectivity index (χ2v) is 3.57. The summed E-state index contributed by atoms with van der Waals surface area (Å²) in [4.78, 5) is 23.4. The quantitative estimate of drug-likeness (QED) is 0.698. The number of nitrogens with two attached hydrogens (primary N) is 1. The molecule has 5 nitrogen and oxygen atoms in total. The van der Waals surface area contributed by atoms with Crippen molar-refractivity contribution in [3.8, 4) is 0 Å². The lowest BCUT2D eigenvalue weighted by Gasteiger charge is -2.30. The predicted octanol–water partition coefficient (Wildman–Crippen LogP) is 0.340. The van der Waals surface area contributed by atoms with Gasteiger partial charge in [0.1, 0.15) is 0 Å². The summed E-state index contributed by atoms with van der Waals surface area (Å²) in [7, 11) is 1.37. The second-order valence-electron chi connectivity index (χ2n) is 3.57. The molecule has 0 unspecified atom stereocenters. The fourth-order valence-electron chi connectivity index (χ4n) is 1.73. The number of nitrogens with zero attached hydrogens (tertiary/aromatic N) is 1. The summed E-state index contributed by atoms with van der Waals surface area (Å²) in [5.74, 6) is 0.0647. The average Bonchev–Trinajstić information content (AvgIpc) is 2.17. The van der Waals surface area contributed by atoms with E-state index < -0.39 is 0 Å². The van der Waals surface area contributed by atoms with Gasteiger partial charge in [-0.25, -0.2) is 4.79 Å². The molecule has 0 radical (unpaired) electrons. The number of piperidine rings is 1. The zero-order valence-corrected chi connectivity index (χ0v) is 8.36. The number of methoxy groups -OCH3 is 1. The lowest BCUT2D eigenvalue weighted by molar-refractivity contribution is -0.119. The van der Waals surface area contributed by atoms with Gasteiger partial charge < -0.3 is 15.4 Å². The van der Waals surface area contributed by atoms with Crippen molar-refractivity contribution in [2.75, 3.05) is 20.2 Å². The minimum Gasteiger partial charge on any atom is -0.453 e. The van der Waals surface area contributed by atoms with Gasteiger partial charge in [-0.3, -0.25) is 4.79 Å². The van der Waals surface area contributed by atoms with Gasteiger partial charge in [0, 0.05) is 19.5 Å². The molecule has 5 heteroatoms. The molecule has 0 aromatic heterocycles. The first-order chi connectivity index (χ1) is 6.63. The molecule has 14 heavy (non-hydrogen) atoms. The Morgan fingerprint density at radius 2 is 2.00 bits per heavy atom. The Bertz CT molecular complexity index is 222. The monoisotopic (exact) mass is 200 g/mol. The Labute approximate surface area is 83.2 Å². The molecule has 1 fully saturated rings. The average molecular weight is 200 g/mol. The van der Waals surface area contributed by atoms with Crippen LogP contribution < -0.4 is 5.73 Å². The van der Waals surface area contributed by atoms with E-state index in [1.54, 1.807) is 4.90 Å². The molecule has 2 N–H and O–H groups in total. The molecule has 1 aliphatic rings. The topological polar surface area (TPSA) is 72.6 Å². The van der Waals surface area contributed by atoms with Gasteiger partial charge >= 0.3 is 6.09 Å². The van der Waals surface area contributed by atoms with Gasteiger partial charge in [-0.15, -0.1) is 0 Å². The van der Waals surface area contributed by atoms with E-state index in [4.69, 9.17) is 5.73 Å². The van der Waals surface area contributed by atoms with Crippen LogP contribution in [0.25, 0.3) is 0 Å². The third-order valence-corrected chi connectivity index (χ3v) is 2.54. The maximum Gasteiger partial charge on any atom is 0.409 e. The van der Waals surface area contributed by atoms with E-state index in [0.29, 0.717) is 25.4 Å². The van der Waals surface area contributed by atoms with Crippen LogP contribution in [0.15, 0.2) is 0 Å². The van der Waals surface area contributed by atoms with Crippen molar-refractivity contribution >= 4 is 12.0 Å². The van der Waals surface area contributed by atoms with Gasteiger partial charge in [-0.1, -0.05) is 0 Å². The van der Waals surface area contributed by atoms with Crippen LogP contribution in [-0.2, 0) is 9.53 Å². The van der Waals surface area contributed by atoms with Crippen LogP contribution in [0, 0.1) is 5.92 Å². The normalized spacial score (nSPS) is 17.9. The van der Waals surface area contributed by atoms with E-state index in [9.17, 15) is 9.59 Å². The molecular weight excluding hydrogens is 184 g/mol. The van der Waals surface area contributed by atoms with E-state index in [1.807, 2.05) is 0 Å². The van der Waals surface area contributed by atoms with Crippen molar-refractivity contribution in [2.45, 2.75) is 19.3 Å². The van der Waals surface area contributed by atoms with E-state index in [0.717, 1.165) is 12.8 Å². The number of hydrogen-bond donors (Lipinski definition) is 1. The van der Waals surface area contributed by atoms with Crippen molar-refractivity contribution in [3.63, 3.8) is 0 Å². The van der Waals surface area contributed by atoms with Crippen molar-refractivity contribution in [1.29, 1.82) is 0 Å². The van der Waals surface area contributed by atoms with Gasteiger partial charge in [0.25, 0.3) is 0 Å². The summed E-state index contributed by atoms with van der Waals surface area (Å²) < 4.78 is 4.60. The van der Waals surface area contributed by atoms with Crippen LogP contribution in [0.1, 0.15) is 19.3 Å². The third kappa shape index (κ3) is 2.90. The van der Waals surface area contributed by atoms with Gasteiger partial charge in [0.15, 0.2) is 0 Å². The van der Waals surface area contributed by atoms with E-state index in [-0.39, 0.29) is 12.0 Å².